The summed E-state index contributed by atoms with van der Waals surface area (Å²) in [5, 5.41) is 6.80. The minimum Gasteiger partial charge on any atom is -0.448 e. The fourth-order valence-electron chi connectivity index (χ4n) is 7.20. The summed E-state index contributed by atoms with van der Waals surface area (Å²) >= 11 is 8.15. The van der Waals surface area contributed by atoms with E-state index in [1.165, 1.54) is 24.9 Å². The molecule has 0 radical (unpaired) electrons. The van der Waals surface area contributed by atoms with Crippen molar-refractivity contribution in [3.8, 4) is 11.5 Å². The summed E-state index contributed by atoms with van der Waals surface area (Å²) < 4.78 is 13.0. The molecule has 8 nitrogen and oxygen atoms in total. The number of H-pyrrole nitrogens is 1. The number of aromatic amines is 1. The predicted molar refractivity (Wildman–Crippen MR) is 158 cm³/mol. The number of benzene rings is 1. The quantitative estimate of drug-likeness (QED) is 0.429. The van der Waals surface area contributed by atoms with Gasteiger partial charge in [0.2, 0.25) is 0 Å². The number of fused-ring (bicyclic) bond motifs is 2. The predicted octanol–water partition coefficient (Wildman–Crippen LogP) is 4.49. The number of nitrogens with zero attached hydrogens (tertiary/aromatic N) is 1. The van der Waals surface area contributed by atoms with Gasteiger partial charge >= 0.3 is 0 Å². The number of thioether (sulfide) groups is 1. The van der Waals surface area contributed by atoms with Crippen LogP contribution in [0.4, 0.5) is 0 Å². The van der Waals surface area contributed by atoms with Crippen LogP contribution in [0.3, 0.4) is 0 Å². The number of ether oxygens (including phenoxy) is 2. The molecule has 40 heavy (non-hydrogen) atoms. The molecule has 4 aliphatic rings. The second-order valence-electron chi connectivity index (χ2n) is 12.1. The summed E-state index contributed by atoms with van der Waals surface area (Å²) in [6.07, 6.45) is 6.27. The van der Waals surface area contributed by atoms with E-state index >= 15 is 0 Å². The van der Waals surface area contributed by atoms with Crippen LogP contribution in [0.1, 0.15) is 59.8 Å². The zero-order valence-electron chi connectivity index (χ0n) is 23.7. The molecule has 2 aromatic rings. The van der Waals surface area contributed by atoms with Crippen molar-refractivity contribution in [2.75, 3.05) is 32.4 Å². The molecule has 3 N–H and O–H groups in total. The van der Waals surface area contributed by atoms with Gasteiger partial charge in [0.15, 0.2) is 11.5 Å². The van der Waals surface area contributed by atoms with Gasteiger partial charge in [-0.1, -0.05) is 11.6 Å². The van der Waals surface area contributed by atoms with E-state index in [-0.39, 0.29) is 23.9 Å². The molecule has 3 atom stereocenters. The maximum atomic E-state index is 13.3. The van der Waals surface area contributed by atoms with Gasteiger partial charge in [-0.3, -0.25) is 14.5 Å². The molecule has 1 saturated carbocycles. The molecule has 1 amide bonds. The van der Waals surface area contributed by atoms with E-state index in [2.05, 4.69) is 20.5 Å². The van der Waals surface area contributed by atoms with Crippen LogP contribution >= 0.6 is 23.4 Å². The summed E-state index contributed by atoms with van der Waals surface area (Å²) in [5.74, 6) is 1.80. The molecule has 3 aliphatic heterocycles. The number of hydrogen-bond acceptors (Lipinski definition) is 7. The molecule has 3 fully saturated rings. The van der Waals surface area contributed by atoms with Gasteiger partial charge in [-0.25, -0.2) is 0 Å². The molecule has 6 rings (SSSR count). The minimum atomic E-state index is -0.815. The van der Waals surface area contributed by atoms with Crippen molar-refractivity contribution >= 4 is 29.3 Å². The Morgan fingerprint density at radius 3 is 2.48 bits per heavy atom. The average molecular weight is 587 g/mol. The van der Waals surface area contributed by atoms with Crippen molar-refractivity contribution in [2.24, 2.45) is 17.8 Å². The van der Waals surface area contributed by atoms with Crippen molar-refractivity contribution in [2.45, 2.75) is 69.7 Å². The first-order valence-electron chi connectivity index (χ1n) is 14.4. The number of rotatable bonds is 6. The molecule has 1 aromatic carbocycles. The Labute approximate surface area is 244 Å². The lowest BCUT2D eigenvalue weighted by molar-refractivity contribution is -0.123. The van der Waals surface area contributed by atoms with Crippen molar-refractivity contribution in [3.05, 3.63) is 49.9 Å². The van der Waals surface area contributed by atoms with Gasteiger partial charge in [0.1, 0.15) is 0 Å². The Bertz CT molecular complexity index is 1360. The molecule has 3 unspecified atom stereocenters. The van der Waals surface area contributed by atoms with Crippen LogP contribution in [0.25, 0.3) is 0 Å². The third-order valence-corrected chi connectivity index (χ3v) is 10.6. The Morgan fingerprint density at radius 1 is 1.12 bits per heavy atom. The number of halogens is 1. The van der Waals surface area contributed by atoms with Gasteiger partial charge < -0.3 is 25.1 Å². The summed E-state index contributed by atoms with van der Waals surface area (Å²) in [6, 6.07) is 4.20. The number of hydrogen-bond donors (Lipinski definition) is 3. The zero-order valence-corrected chi connectivity index (χ0v) is 25.3. The van der Waals surface area contributed by atoms with Crippen LogP contribution in [-0.4, -0.2) is 60.1 Å². The number of carbonyl (C=O) groups excluding carboxylic acids is 1. The number of pyridine rings is 1. The van der Waals surface area contributed by atoms with E-state index in [1.807, 2.05) is 33.1 Å². The lowest BCUT2D eigenvalue weighted by Crippen LogP contribution is -2.47. The van der Waals surface area contributed by atoms with Crippen LogP contribution < -0.4 is 25.7 Å². The van der Waals surface area contributed by atoms with Gasteiger partial charge in [0, 0.05) is 65.8 Å². The van der Waals surface area contributed by atoms with Gasteiger partial charge in [0.25, 0.3) is 17.3 Å². The van der Waals surface area contributed by atoms with Crippen LogP contribution in [0.15, 0.2) is 21.8 Å². The minimum absolute atomic E-state index is 0.117. The molecule has 4 heterocycles. The number of aromatic nitrogens is 1. The highest BCUT2D eigenvalue weighted by atomic mass is 35.5. The second-order valence-corrected chi connectivity index (χ2v) is 13.3. The van der Waals surface area contributed by atoms with E-state index < -0.39 is 5.79 Å². The number of carbonyl (C=O) groups is 1. The van der Waals surface area contributed by atoms with E-state index in [4.69, 9.17) is 21.1 Å². The summed E-state index contributed by atoms with van der Waals surface area (Å²) in [4.78, 5) is 32.2. The van der Waals surface area contributed by atoms with Gasteiger partial charge in [-0.15, -0.1) is 11.8 Å². The first-order valence-corrected chi connectivity index (χ1v) is 16.0. The van der Waals surface area contributed by atoms with Crippen molar-refractivity contribution in [1.82, 2.24) is 20.5 Å². The third kappa shape index (κ3) is 5.03. The van der Waals surface area contributed by atoms with Crippen molar-refractivity contribution < 1.29 is 14.3 Å². The highest BCUT2D eigenvalue weighted by Gasteiger charge is 2.48. The number of likely N-dealkylation sites (tertiary alicyclic amines) is 1. The Kier molecular flexibility index (Phi) is 7.61. The topological polar surface area (TPSA) is 95.7 Å². The zero-order chi connectivity index (χ0) is 28.2. The number of amides is 1. The fourth-order valence-corrected chi connectivity index (χ4v) is 8.14. The average Bonchev–Trinajstić information content (AvgIpc) is 3.64. The van der Waals surface area contributed by atoms with Crippen LogP contribution in [0.2, 0.25) is 5.02 Å². The van der Waals surface area contributed by atoms with E-state index in [1.54, 1.807) is 6.07 Å². The monoisotopic (exact) mass is 586 g/mol. The van der Waals surface area contributed by atoms with Gasteiger partial charge in [-0.05, 0) is 82.8 Å². The normalized spacial score (nSPS) is 29.5. The van der Waals surface area contributed by atoms with Gasteiger partial charge in [-0.2, -0.15) is 0 Å². The van der Waals surface area contributed by atoms with Crippen LogP contribution in [0, 0.1) is 31.6 Å². The largest absolute Gasteiger partial charge is 0.448 e. The SMILES string of the molecule is CSc1cc(C)[nH]c(=O)c1CNC(=O)c1cc(Cl)c2c(c1C)OC(C)(C1CCC(N3CC4CNCC4C3)CC1)O2. The summed E-state index contributed by atoms with van der Waals surface area (Å²) in [6.45, 7) is 10.6. The van der Waals surface area contributed by atoms with Crippen LogP contribution in [0.5, 0.6) is 11.5 Å². The molecule has 0 spiro atoms. The molecular formula is C30H39ClN4O4S. The number of aryl methyl sites for hydroxylation is 1. The third-order valence-electron chi connectivity index (χ3n) is 9.54. The smallest absolute Gasteiger partial charge is 0.254 e. The van der Waals surface area contributed by atoms with Gasteiger partial charge in [0.05, 0.1) is 5.02 Å². The molecule has 0 bridgehead atoms. The van der Waals surface area contributed by atoms with E-state index in [9.17, 15) is 9.59 Å². The molecule has 1 aliphatic carbocycles. The van der Waals surface area contributed by atoms with E-state index in [0.29, 0.717) is 39.3 Å². The summed E-state index contributed by atoms with van der Waals surface area (Å²) in [7, 11) is 0. The standard InChI is InChI=1S/C30H39ClN4O4S/c1-16-9-25(40-4)23(29(37)34-16)13-33-28(36)22-10-24(31)27-26(17(22)2)38-30(3,39-27)20-5-7-21(8-6-20)35-14-18-11-32-12-19(18)15-35/h9-10,18-21,32H,5-8,11-15H2,1-4H3,(H,33,36)(H,34,37). The lowest BCUT2D eigenvalue weighted by Gasteiger charge is -2.40. The number of nitrogens with one attached hydrogen (secondary N) is 3. The fraction of sp³-hybridized carbons (Fsp3) is 0.600. The molecular weight excluding hydrogens is 548 g/mol. The first kappa shape index (κ1) is 27.9. The Morgan fingerprint density at radius 2 is 1.80 bits per heavy atom. The van der Waals surface area contributed by atoms with Crippen molar-refractivity contribution in [1.29, 1.82) is 0 Å². The van der Waals surface area contributed by atoms with E-state index in [0.717, 1.165) is 61.2 Å². The Balaban J connectivity index is 1.12. The van der Waals surface area contributed by atoms with Crippen LogP contribution in [-0.2, 0) is 6.54 Å². The maximum absolute atomic E-state index is 13.3. The highest BCUT2D eigenvalue weighted by Crippen LogP contribution is 2.52. The highest BCUT2D eigenvalue weighted by molar-refractivity contribution is 7.98. The summed E-state index contributed by atoms with van der Waals surface area (Å²) in [5.41, 5.74) is 2.24. The maximum Gasteiger partial charge on any atom is 0.254 e. The molecule has 2 saturated heterocycles. The molecule has 1 aromatic heterocycles. The van der Waals surface area contributed by atoms with Crippen molar-refractivity contribution in [3.63, 3.8) is 0 Å². The molecule has 10 heteroatoms. The Hall–Kier alpha value is -2.20. The second kappa shape index (κ2) is 10.9. The lowest BCUT2D eigenvalue weighted by atomic mass is 9.81. The first-order chi connectivity index (χ1) is 19.2. The molecule has 216 valence electrons.